The van der Waals surface area contributed by atoms with Crippen LogP contribution in [0.15, 0.2) is 52.5 Å². The van der Waals surface area contributed by atoms with Gasteiger partial charge in [-0.2, -0.15) is 18.4 Å². The van der Waals surface area contributed by atoms with Crippen molar-refractivity contribution in [3.8, 4) is 5.75 Å². The predicted molar refractivity (Wildman–Crippen MR) is 91.2 cm³/mol. The normalized spacial score (nSPS) is 15.3. The second-order valence-electron chi connectivity index (χ2n) is 5.45. The molecular formula is C16H15N3O5S. The summed E-state index contributed by atoms with van der Waals surface area (Å²) in [5.41, 5.74) is 1.39. The maximum atomic E-state index is 12.4. The average molecular weight is 361 g/mol. The van der Waals surface area contributed by atoms with Crippen LogP contribution in [0, 0.1) is 17.0 Å². The third-order valence-corrected chi connectivity index (χ3v) is 4.99. The summed E-state index contributed by atoms with van der Waals surface area (Å²) in [5, 5.41) is 15.0. The van der Waals surface area contributed by atoms with Crippen LogP contribution in [0.25, 0.3) is 0 Å². The van der Waals surface area contributed by atoms with Crippen LogP contribution >= 0.6 is 0 Å². The molecule has 0 unspecified atom stereocenters. The smallest absolute Gasteiger partial charge is 0.276 e. The molecule has 0 spiro atoms. The van der Waals surface area contributed by atoms with Crippen LogP contribution in [0.4, 0.5) is 5.69 Å². The zero-order chi connectivity index (χ0) is 18.0. The number of ether oxygens (including phenoxy) is 1. The Morgan fingerprint density at radius 3 is 2.76 bits per heavy atom. The highest BCUT2D eigenvalue weighted by atomic mass is 32.2. The second kappa shape index (κ2) is 6.52. The van der Waals surface area contributed by atoms with Crippen LogP contribution in [0.3, 0.4) is 0 Å². The van der Waals surface area contributed by atoms with Gasteiger partial charge in [-0.05, 0) is 25.1 Å². The van der Waals surface area contributed by atoms with Crippen LogP contribution < -0.4 is 9.57 Å². The summed E-state index contributed by atoms with van der Waals surface area (Å²) >= 11 is 0. The van der Waals surface area contributed by atoms with Crippen molar-refractivity contribution in [3.63, 3.8) is 0 Å². The van der Waals surface area contributed by atoms with Crippen LogP contribution in [-0.2, 0) is 10.0 Å². The molecule has 25 heavy (non-hydrogen) atoms. The number of hydrogen-bond donors (Lipinski definition) is 1. The van der Waals surface area contributed by atoms with E-state index >= 15 is 0 Å². The number of benzene rings is 2. The molecule has 0 radical (unpaired) electrons. The Hall–Kier alpha value is -2.94. The van der Waals surface area contributed by atoms with Gasteiger partial charge in [0.15, 0.2) is 0 Å². The van der Waals surface area contributed by atoms with E-state index in [1.807, 2.05) is 6.07 Å². The molecule has 2 aromatic carbocycles. The van der Waals surface area contributed by atoms with Crippen molar-refractivity contribution < 1.29 is 18.1 Å². The number of nitrogens with one attached hydrogen (secondary N) is 1. The Balaban J connectivity index is 1.91. The molecular weight excluding hydrogens is 346 g/mol. The molecule has 1 N–H and O–H groups in total. The fourth-order valence-electron chi connectivity index (χ4n) is 2.46. The molecule has 0 saturated carbocycles. The zero-order valence-corrected chi connectivity index (χ0v) is 14.1. The number of nitro benzene ring substituents is 1. The number of fused-ring (bicyclic) bond motifs is 1. The molecule has 0 amide bonds. The average Bonchev–Trinajstić information content (AvgIpc) is 2.60. The summed E-state index contributed by atoms with van der Waals surface area (Å²) in [5.74, 6) is 0.637. The summed E-state index contributed by atoms with van der Waals surface area (Å²) in [6.07, 6.45) is 0.452. The van der Waals surface area contributed by atoms with E-state index in [1.54, 1.807) is 25.1 Å². The summed E-state index contributed by atoms with van der Waals surface area (Å²) in [6, 6.07) is 10.9. The number of hydrazone groups is 1. The summed E-state index contributed by atoms with van der Waals surface area (Å²) < 4.78 is 30.3. The molecule has 0 aromatic heterocycles. The minimum Gasteiger partial charge on any atom is -0.492 e. The first-order chi connectivity index (χ1) is 11.9. The van der Waals surface area contributed by atoms with Gasteiger partial charge in [0, 0.05) is 23.6 Å². The van der Waals surface area contributed by atoms with Crippen molar-refractivity contribution in [2.45, 2.75) is 18.2 Å². The number of sulfonamides is 1. The van der Waals surface area contributed by atoms with Gasteiger partial charge < -0.3 is 4.74 Å². The number of nitrogens with zero attached hydrogens (tertiary/aromatic N) is 2. The molecule has 0 atom stereocenters. The van der Waals surface area contributed by atoms with Gasteiger partial charge in [0.05, 0.1) is 22.1 Å². The first-order valence-corrected chi connectivity index (χ1v) is 8.92. The second-order valence-corrected chi connectivity index (χ2v) is 7.11. The topological polar surface area (TPSA) is 111 Å². The first kappa shape index (κ1) is 16.9. The minimum absolute atomic E-state index is 0.213. The third kappa shape index (κ3) is 3.45. The van der Waals surface area contributed by atoms with Crippen molar-refractivity contribution in [1.82, 2.24) is 4.83 Å². The molecule has 9 heteroatoms. The Morgan fingerprint density at radius 2 is 2.00 bits per heavy atom. The fourth-order valence-corrected chi connectivity index (χ4v) is 3.31. The van der Waals surface area contributed by atoms with Crippen LogP contribution in [-0.4, -0.2) is 25.7 Å². The monoisotopic (exact) mass is 361 g/mol. The van der Waals surface area contributed by atoms with Crippen LogP contribution in [0.5, 0.6) is 5.75 Å². The summed E-state index contributed by atoms with van der Waals surface area (Å²) in [7, 11) is -4.02. The van der Waals surface area contributed by atoms with Crippen molar-refractivity contribution in [2.75, 3.05) is 6.61 Å². The molecule has 0 saturated heterocycles. The van der Waals surface area contributed by atoms with Crippen molar-refractivity contribution in [2.24, 2.45) is 5.10 Å². The highest BCUT2D eigenvalue weighted by Gasteiger charge is 2.21. The Morgan fingerprint density at radius 1 is 1.24 bits per heavy atom. The lowest BCUT2D eigenvalue weighted by atomic mass is 10.0. The van der Waals surface area contributed by atoms with Gasteiger partial charge in [-0.15, -0.1) is 0 Å². The Bertz CT molecular complexity index is 969. The van der Waals surface area contributed by atoms with Gasteiger partial charge in [-0.1, -0.05) is 18.2 Å². The van der Waals surface area contributed by atoms with Crippen molar-refractivity contribution in [1.29, 1.82) is 0 Å². The van der Waals surface area contributed by atoms with Crippen molar-refractivity contribution >= 4 is 21.4 Å². The molecule has 3 rings (SSSR count). The van der Waals surface area contributed by atoms with E-state index < -0.39 is 14.9 Å². The highest BCUT2D eigenvalue weighted by molar-refractivity contribution is 7.89. The van der Waals surface area contributed by atoms with Gasteiger partial charge in [-0.25, -0.2) is 0 Å². The van der Waals surface area contributed by atoms with E-state index in [0.717, 1.165) is 6.07 Å². The molecule has 1 aliphatic rings. The lowest BCUT2D eigenvalue weighted by Crippen LogP contribution is -2.23. The van der Waals surface area contributed by atoms with E-state index in [4.69, 9.17) is 4.74 Å². The molecule has 130 valence electrons. The highest BCUT2D eigenvalue weighted by Crippen LogP contribution is 2.25. The molecule has 1 heterocycles. The van der Waals surface area contributed by atoms with Crippen molar-refractivity contribution in [3.05, 3.63) is 63.7 Å². The minimum atomic E-state index is -4.02. The Kier molecular flexibility index (Phi) is 4.41. The largest absolute Gasteiger partial charge is 0.492 e. The van der Waals surface area contributed by atoms with Gasteiger partial charge in [0.1, 0.15) is 5.75 Å². The molecule has 0 aliphatic carbocycles. The number of hydrogen-bond acceptors (Lipinski definition) is 6. The quantitative estimate of drug-likeness (QED) is 0.664. The summed E-state index contributed by atoms with van der Waals surface area (Å²) in [4.78, 5) is 12.3. The zero-order valence-electron chi connectivity index (χ0n) is 13.3. The van der Waals surface area contributed by atoms with E-state index in [2.05, 4.69) is 9.93 Å². The molecule has 2 aromatic rings. The van der Waals surface area contributed by atoms with E-state index in [-0.39, 0.29) is 10.6 Å². The maximum Gasteiger partial charge on any atom is 0.276 e. The van der Waals surface area contributed by atoms with Gasteiger partial charge >= 0.3 is 0 Å². The lowest BCUT2D eigenvalue weighted by Gasteiger charge is -2.18. The molecule has 0 bridgehead atoms. The maximum absolute atomic E-state index is 12.4. The lowest BCUT2D eigenvalue weighted by molar-refractivity contribution is -0.385. The molecule has 0 fully saturated rings. The van der Waals surface area contributed by atoms with Gasteiger partial charge in [0.25, 0.3) is 15.7 Å². The predicted octanol–water partition coefficient (Wildman–Crippen LogP) is 2.37. The summed E-state index contributed by atoms with van der Waals surface area (Å²) in [6.45, 7) is 1.94. The SMILES string of the molecule is Cc1ccc(S(=O)(=O)NN=C2CCOc3ccccc32)cc1[N+](=O)[O-]. The van der Waals surface area contributed by atoms with Gasteiger partial charge in [-0.3, -0.25) is 10.1 Å². The van der Waals surface area contributed by atoms with E-state index in [0.29, 0.717) is 35.6 Å². The number of rotatable bonds is 4. The van der Waals surface area contributed by atoms with Gasteiger partial charge in [0.2, 0.25) is 0 Å². The fraction of sp³-hybridized carbons (Fsp3) is 0.188. The Labute approximate surface area is 144 Å². The number of nitro groups is 1. The number of aryl methyl sites for hydroxylation is 1. The van der Waals surface area contributed by atoms with Crippen LogP contribution in [0.2, 0.25) is 0 Å². The first-order valence-electron chi connectivity index (χ1n) is 7.44. The molecule has 1 aliphatic heterocycles. The standard InChI is InChI=1S/C16H15N3O5S/c1-11-6-7-12(10-15(11)19(20)21)25(22,23)18-17-14-8-9-24-16-5-3-2-4-13(14)16/h2-7,10,18H,8-9H2,1H3. The van der Waals surface area contributed by atoms with Crippen LogP contribution in [0.1, 0.15) is 17.5 Å². The molecule has 8 nitrogen and oxygen atoms in total. The van der Waals surface area contributed by atoms with E-state index in [1.165, 1.54) is 12.1 Å². The third-order valence-electron chi connectivity index (χ3n) is 3.78. The number of para-hydroxylation sites is 1. The van der Waals surface area contributed by atoms with E-state index in [9.17, 15) is 18.5 Å².